The van der Waals surface area contributed by atoms with Gasteiger partial charge in [-0.1, -0.05) is 0 Å². The second-order valence-corrected chi connectivity index (χ2v) is 4.90. The predicted molar refractivity (Wildman–Crippen MR) is 76.0 cm³/mol. The average Bonchev–Trinajstić information content (AvgIpc) is 2.76. The van der Waals surface area contributed by atoms with Gasteiger partial charge in [0.1, 0.15) is 5.82 Å². The molecule has 0 N–H and O–H groups in total. The van der Waals surface area contributed by atoms with Gasteiger partial charge in [0.05, 0.1) is 5.52 Å². The SMILES string of the molecule is Cc1cc(C(=O)c2ccc3c(c2)oc(=O)n3C)ccc1F. The van der Waals surface area contributed by atoms with E-state index in [4.69, 9.17) is 4.42 Å². The van der Waals surface area contributed by atoms with E-state index in [0.717, 1.165) is 0 Å². The van der Waals surface area contributed by atoms with Crippen LogP contribution >= 0.6 is 0 Å². The molecule has 0 bridgehead atoms. The van der Waals surface area contributed by atoms with E-state index in [-0.39, 0.29) is 11.6 Å². The lowest BCUT2D eigenvalue weighted by Gasteiger charge is -2.03. The van der Waals surface area contributed by atoms with Crippen LogP contribution in [0.1, 0.15) is 21.5 Å². The Bertz CT molecular complexity index is 921. The fourth-order valence-electron chi connectivity index (χ4n) is 2.23. The van der Waals surface area contributed by atoms with Gasteiger partial charge >= 0.3 is 5.76 Å². The number of aryl methyl sites for hydroxylation is 2. The summed E-state index contributed by atoms with van der Waals surface area (Å²) in [5.74, 6) is -1.07. The predicted octanol–water partition coefficient (Wildman–Crippen LogP) is 2.81. The number of benzene rings is 2. The van der Waals surface area contributed by atoms with Crippen molar-refractivity contribution in [3.63, 3.8) is 0 Å². The van der Waals surface area contributed by atoms with Crippen LogP contribution in [-0.4, -0.2) is 10.4 Å². The monoisotopic (exact) mass is 285 g/mol. The molecule has 1 aromatic heterocycles. The van der Waals surface area contributed by atoms with Crippen LogP contribution in [0, 0.1) is 12.7 Å². The minimum absolute atomic E-state index is 0.244. The lowest BCUT2D eigenvalue weighted by atomic mass is 10.0. The van der Waals surface area contributed by atoms with Gasteiger partial charge in [-0.3, -0.25) is 9.36 Å². The van der Waals surface area contributed by atoms with Crippen molar-refractivity contribution >= 4 is 16.9 Å². The Hall–Kier alpha value is -2.69. The van der Waals surface area contributed by atoms with Gasteiger partial charge in [-0.25, -0.2) is 9.18 Å². The maximum Gasteiger partial charge on any atom is 0.419 e. The minimum atomic E-state index is -0.479. The van der Waals surface area contributed by atoms with E-state index in [2.05, 4.69) is 0 Å². The molecule has 3 rings (SSSR count). The Balaban J connectivity index is 2.09. The molecule has 5 heteroatoms. The van der Waals surface area contributed by atoms with Crippen LogP contribution in [0.25, 0.3) is 11.1 Å². The lowest BCUT2D eigenvalue weighted by Crippen LogP contribution is -2.08. The largest absolute Gasteiger partial charge is 0.419 e. The van der Waals surface area contributed by atoms with Gasteiger partial charge in [0.25, 0.3) is 0 Å². The van der Waals surface area contributed by atoms with E-state index in [9.17, 15) is 14.0 Å². The molecule has 1 heterocycles. The van der Waals surface area contributed by atoms with Crippen LogP contribution in [0.15, 0.2) is 45.6 Å². The van der Waals surface area contributed by atoms with Crippen molar-refractivity contribution in [3.05, 3.63) is 69.5 Å². The van der Waals surface area contributed by atoms with E-state index in [1.54, 1.807) is 26.1 Å². The zero-order valence-corrected chi connectivity index (χ0v) is 11.5. The molecule has 0 radical (unpaired) electrons. The second-order valence-electron chi connectivity index (χ2n) is 4.90. The van der Waals surface area contributed by atoms with Crippen LogP contribution in [0.3, 0.4) is 0 Å². The normalized spacial score (nSPS) is 11.0. The van der Waals surface area contributed by atoms with Crippen molar-refractivity contribution in [3.8, 4) is 0 Å². The molecule has 4 nitrogen and oxygen atoms in total. The van der Waals surface area contributed by atoms with Gasteiger partial charge in [0.15, 0.2) is 11.4 Å². The molecule has 0 unspecified atom stereocenters. The number of halogens is 1. The number of hydrogen-bond donors (Lipinski definition) is 0. The van der Waals surface area contributed by atoms with Gasteiger partial charge in [0, 0.05) is 18.2 Å². The molecule has 106 valence electrons. The van der Waals surface area contributed by atoms with Gasteiger partial charge in [-0.15, -0.1) is 0 Å². The first-order chi connectivity index (χ1) is 9.97. The molecule has 0 aliphatic carbocycles. The molecule has 21 heavy (non-hydrogen) atoms. The van der Waals surface area contributed by atoms with Crippen LogP contribution in [0.2, 0.25) is 0 Å². The van der Waals surface area contributed by atoms with Crippen molar-refractivity contribution in [2.24, 2.45) is 7.05 Å². The summed E-state index contributed by atoms with van der Waals surface area (Å²) < 4.78 is 19.7. The summed E-state index contributed by atoms with van der Waals surface area (Å²) in [7, 11) is 1.60. The molecule has 3 aromatic rings. The minimum Gasteiger partial charge on any atom is -0.408 e. The third-order valence-electron chi connectivity index (χ3n) is 3.47. The van der Waals surface area contributed by atoms with Gasteiger partial charge < -0.3 is 4.42 Å². The fourth-order valence-corrected chi connectivity index (χ4v) is 2.23. The molecule has 0 atom stereocenters. The number of carbonyl (C=O) groups is 1. The van der Waals surface area contributed by atoms with Crippen LogP contribution in [-0.2, 0) is 7.05 Å². The number of oxazole rings is 1. The maximum atomic E-state index is 13.3. The van der Waals surface area contributed by atoms with Crippen LogP contribution < -0.4 is 5.76 Å². The highest BCUT2D eigenvalue weighted by molar-refractivity contribution is 6.10. The molecule has 0 fully saturated rings. The number of hydrogen-bond acceptors (Lipinski definition) is 3. The molecule has 2 aromatic carbocycles. The zero-order chi connectivity index (χ0) is 15.1. The van der Waals surface area contributed by atoms with Crippen molar-refractivity contribution in [1.82, 2.24) is 4.57 Å². The Kier molecular flexibility index (Phi) is 2.97. The summed E-state index contributed by atoms with van der Waals surface area (Å²) in [5, 5.41) is 0. The van der Waals surface area contributed by atoms with E-state index in [0.29, 0.717) is 27.8 Å². The molecular formula is C16H12FNO3. The lowest BCUT2D eigenvalue weighted by molar-refractivity contribution is 0.103. The summed E-state index contributed by atoms with van der Waals surface area (Å²) in [4.78, 5) is 23.8. The van der Waals surface area contributed by atoms with Crippen LogP contribution in [0.5, 0.6) is 0 Å². The Labute approximate surface area is 119 Å². The molecule has 0 aliphatic heterocycles. The van der Waals surface area contributed by atoms with E-state index in [1.165, 1.54) is 28.8 Å². The quantitative estimate of drug-likeness (QED) is 0.680. The van der Waals surface area contributed by atoms with Crippen molar-refractivity contribution in [2.45, 2.75) is 6.92 Å². The standard InChI is InChI=1S/C16H12FNO3/c1-9-7-10(3-5-12(9)17)15(19)11-4-6-13-14(8-11)21-16(20)18(13)2/h3-8H,1-2H3. The highest BCUT2D eigenvalue weighted by Crippen LogP contribution is 2.18. The number of aromatic nitrogens is 1. The number of ketones is 1. The number of nitrogens with zero attached hydrogens (tertiary/aromatic N) is 1. The highest BCUT2D eigenvalue weighted by atomic mass is 19.1. The third-order valence-corrected chi connectivity index (χ3v) is 3.47. The molecule has 0 saturated carbocycles. The Morgan fingerprint density at radius 3 is 2.52 bits per heavy atom. The van der Waals surface area contributed by atoms with Crippen molar-refractivity contribution in [2.75, 3.05) is 0 Å². The number of fused-ring (bicyclic) bond motifs is 1. The van der Waals surface area contributed by atoms with Gasteiger partial charge in [0.2, 0.25) is 0 Å². The average molecular weight is 285 g/mol. The zero-order valence-electron chi connectivity index (χ0n) is 11.5. The Morgan fingerprint density at radius 2 is 1.81 bits per heavy atom. The van der Waals surface area contributed by atoms with E-state index < -0.39 is 5.76 Å². The van der Waals surface area contributed by atoms with E-state index in [1.807, 2.05) is 0 Å². The molecule has 0 spiro atoms. The first-order valence-corrected chi connectivity index (χ1v) is 6.38. The smallest absolute Gasteiger partial charge is 0.408 e. The molecular weight excluding hydrogens is 273 g/mol. The van der Waals surface area contributed by atoms with E-state index >= 15 is 0 Å². The number of rotatable bonds is 2. The summed E-state index contributed by atoms with van der Waals surface area (Å²) in [6, 6.07) is 9.02. The molecule has 0 aliphatic rings. The fraction of sp³-hybridized carbons (Fsp3) is 0.125. The van der Waals surface area contributed by atoms with Gasteiger partial charge in [-0.2, -0.15) is 0 Å². The van der Waals surface area contributed by atoms with Crippen LogP contribution in [0.4, 0.5) is 4.39 Å². The Morgan fingerprint density at radius 1 is 1.14 bits per heavy atom. The first kappa shape index (κ1) is 13.3. The maximum absolute atomic E-state index is 13.3. The third kappa shape index (κ3) is 2.16. The number of carbonyl (C=O) groups excluding carboxylic acids is 1. The van der Waals surface area contributed by atoms with Crippen molar-refractivity contribution < 1.29 is 13.6 Å². The topological polar surface area (TPSA) is 52.2 Å². The summed E-state index contributed by atoms with van der Waals surface area (Å²) in [6.45, 7) is 1.60. The summed E-state index contributed by atoms with van der Waals surface area (Å²) >= 11 is 0. The second kappa shape index (κ2) is 4.70. The molecule has 0 saturated heterocycles. The summed E-state index contributed by atoms with van der Waals surface area (Å²) in [6.07, 6.45) is 0. The summed E-state index contributed by atoms with van der Waals surface area (Å²) in [5.41, 5.74) is 2.17. The van der Waals surface area contributed by atoms with Gasteiger partial charge in [-0.05, 0) is 48.9 Å². The highest BCUT2D eigenvalue weighted by Gasteiger charge is 2.13. The first-order valence-electron chi connectivity index (χ1n) is 6.38. The molecule has 0 amide bonds. The van der Waals surface area contributed by atoms with Crippen molar-refractivity contribution in [1.29, 1.82) is 0 Å².